The maximum Gasteiger partial charge on any atom is 0.319 e. The molecule has 2 heterocycles. The van der Waals surface area contributed by atoms with Crippen molar-refractivity contribution in [2.75, 3.05) is 41.3 Å². The normalized spacial score (nSPS) is 19.9. The van der Waals surface area contributed by atoms with Gasteiger partial charge in [0.15, 0.2) is 0 Å². The molecule has 1 atom stereocenters. The van der Waals surface area contributed by atoms with Crippen molar-refractivity contribution in [1.82, 2.24) is 5.32 Å². The van der Waals surface area contributed by atoms with Crippen molar-refractivity contribution in [3.63, 3.8) is 0 Å². The number of amides is 2. The Kier molecular flexibility index (Phi) is 6.00. The van der Waals surface area contributed by atoms with Gasteiger partial charge in [-0.3, -0.25) is 0 Å². The molecule has 2 aliphatic rings. The van der Waals surface area contributed by atoms with Gasteiger partial charge in [0.2, 0.25) is 0 Å². The molecule has 5 nitrogen and oxygen atoms in total. The van der Waals surface area contributed by atoms with E-state index in [1.807, 2.05) is 30.3 Å². The highest BCUT2D eigenvalue weighted by atomic mass is 16.2. The van der Waals surface area contributed by atoms with E-state index in [1.54, 1.807) is 0 Å². The summed E-state index contributed by atoms with van der Waals surface area (Å²) in [4.78, 5) is 17.2. The van der Waals surface area contributed by atoms with E-state index in [0.29, 0.717) is 0 Å². The molecule has 2 saturated heterocycles. The number of nitrogens with zero attached hydrogens (tertiary/aromatic N) is 2. The summed E-state index contributed by atoms with van der Waals surface area (Å²) in [5, 5.41) is 6.04. The van der Waals surface area contributed by atoms with Gasteiger partial charge in [0.25, 0.3) is 0 Å². The van der Waals surface area contributed by atoms with Crippen molar-refractivity contribution in [3.05, 3.63) is 54.6 Å². The van der Waals surface area contributed by atoms with Crippen LogP contribution in [0.25, 0.3) is 0 Å². The molecule has 0 aliphatic carbocycles. The van der Waals surface area contributed by atoms with Crippen LogP contribution in [0.15, 0.2) is 54.6 Å². The summed E-state index contributed by atoms with van der Waals surface area (Å²) in [6, 6.07) is 18.6. The first-order chi connectivity index (χ1) is 13.8. The van der Waals surface area contributed by atoms with Crippen molar-refractivity contribution in [1.29, 1.82) is 0 Å². The number of anilines is 3. The third-order valence-corrected chi connectivity index (χ3v) is 5.72. The molecular formula is C23H30N4O. The van der Waals surface area contributed by atoms with Gasteiger partial charge in [-0.15, -0.1) is 0 Å². The largest absolute Gasteiger partial charge is 0.372 e. The Morgan fingerprint density at radius 1 is 0.786 bits per heavy atom. The third-order valence-electron chi connectivity index (χ3n) is 5.72. The van der Waals surface area contributed by atoms with Gasteiger partial charge in [-0.1, -0.05) is 18.2 Å². The predicted molar refractivity (Wildman–Crippen MR) is 116 cm³/mol. The molecule has 2 fully saturated rings. The number of nitrogens with one attached hydrogen (secondary N) is 2. The second kappa shape index (κ2) is 9.00. The molecule has 148 valence electrons. The van der Waals surface area contributed by atoms with Gasteiger partial charge in [-0.2, -0.15) is 0 Å². The van der Waals surface area contributed by atoms with Crippen LogP contribution in [0, 0.1) is 0 Å². The van der Waals surface area contributed by atoms with E-state index in [-0.39, 0.29) is 12.1 Å². The van der Waals surface area contributed by atoms with Gasteiger partial charge < -0.3 is 20.4 Å². The molecule has 2 aromatic rings. The minimum absolute atomic E-state index is 0.126. The number of hydrogen-bond donors (Lipinski definition) is 2. The number of urea groups is 1. The van der Waals surface area contributed by atoms with Crippen molar-refractivity contribution < 1.29 is 4.79 Å². The van der Waals surface area contributed by atoms with Crippen LogP contribution in [0.5, 0.6) is 0 Å². The van der Waals surface area contributed by atoms with Crippen molar-refractivity contribution in [2.24, 2.45) is 0 Å². The molecule has 5 heteroatoms. The Bertz CT molecular complexity index is 756. The number of piperidine rings is 2. The number of carbonyl (C=O) groups excluding carboxylic acids is 1. The molecule has 2 N–H and O–H groups in total. The van der Waals surface area contributed by atoms with Gasteiger partial charge in [0.05, 0.1) is 0 Å². The van der Waals surface area contributed by atoms with Gasteiger partial charge in [0.1, 0.15) is 0 Å². The highest BCUT2D eigenvalue weighted by molar-refractivity contribution is 5.89. The lowest BCUT2D eigenvalue weighted by Crippen LogP contribution is -2.49. The minimum atomic E-state index is -0.126. The van der Waals surface area contributed by atoms with Crippen molar-refractivity contribution >= 4 is 23.1 Å². The molecule has 0 spiro atoms. The summed E-state index contributed by atoms with van der Waals surface area (Å²) in [5.41, 5.74) is 3.40. The highest BCUT2D eigenvalue weighted by Crippen LogP contribution is 2.25. The lowest BCUT2D eigenvalue weighted by Gasteiger charge is -2.35. The van der Waals surface area contributed by atoms with Gasteiger partial charge >= 0.3 is 6.03 Å². The Balaban J connectivity index is 1.32. The molecule has 0 aromatic heterocycles. The summed E-state index contributed by atoms with van der Waals surface area (Å²) in [5.74, 6) is 0. The van der Waals surface area contributed by atoms with Crippen LogP contribution in [0.1, 0.15) is 32.1 Å². The number of rotatable bonds is 4. The monoisotopic (exact) mass is 378 g/mol. The first kappa shape index (κ1) is 18.7. The predicted octanol–water partition coefficient (Wildman–Crippen LogP) is 4.47. The standard InChI is InChI=1S/C23H30N4O/c28-23(24-19-8-3-1-4-9-19)25-20-10-7-17-27(18-20)22-13-11-21(12-14-22)26-15-5-2-6-16-26/h1,3-4,8-9,11-14,20H,2,5-7,10,15-18H2,(H2,24,25,28). The zero-order valence-electron chi connectivity index (χ0n) is 16.4. The molecular weight excluding hydrogens is 348 g/mol. The summed E-state index contributed by atoms with van der Waals surface area (Å²) >= 11 is 0. The fourth-order valence-corrected chi connectivity index (χ4v) is 4.23. The number of para-hydroxylation sites is 1. The zero-order chi connectivity index (χ0) is 19.2. The van der Waals surface area contributed by atoms with Crippen LogP contribution < -0.4 is 20.4 Å². The summed E-state index contributed by atoms with van der Waals surface area (Å²) in [6.45, 7) is 4.24. The number of benzene rings is 2. The second-order valence-corrected chi connectivity index (χ2v) is 7.81. The summed E-state index contributed by atoms with van der Waals surface area (Å²) in [7, 11) is 0. The third kappa shape index (κ3) is 4.77. The van der Waals surface area contributed by atoms with E-state index in [1.165, 1.54) is 43.7 Å². The lowest BCUT2D eigenvalue weighted by molar-refractivity contribution is 0.246. The van der Waals surface area contributed by atoms with Crippen LogP contribution in [0.3, 0.4) is 0 Å². The zero-order valence-corrected chi connectivity index (χ0v) is 16.4. The minimum Gasteiger partial charge on any atom is -0.372 e. The van der Waals surface area contributed by atoms with E-state index in [4.69, 9.17) is 0 Å². The highest BCUT2D eigenvalue weighted by Gasteiger charge is 2.22. The summed E-state index contributed by atoms with van der Waals surface area (Å²) < 4.78 is 0. The SMILES string of the molecule is O=C(Nc1ccccc1)NC1CCCN(c2ccc(N3CCCCC3)cc2)C1. The fourth-order valence-electron chi connectivity index (χ4n) is 4.23. The first-order valence-electron chi connectivity index (χ1n) is 10.5. The maximum atomic E-state index is 12.3. The van der Waals surface area contributed by atoms with Crippen LogP contribution >= 0.6 is 0 Å². The van der Waals surface area contributed by atoms with E-state index < -0.39 is 0 Å². The Morgan fingerprint density at radius 3 is 2.14 bits per heavy atom. The molecule has 0 bridgehead atoms. The topological polar surface area (TPSA) is 47.6 Å². The average Bonchev–Trinajstić information content (AvgIpc) is 2.75. The molecule has 2 amide bonds. The van der Waals surface area contributed by atoms with E-state index in [9.17, 15) is 4.79 Å². The molecule has 2 aliphatic heterocycles. The Morgan fingerprint density at radius 2 is 1.43 bits per heavy atom. The van der Waals surface area contributed by atoms with Crippen LogP contribution in [-0.4, -0.2) is 38.3 Å². The first-order valence-corrected chi connectivity index (χ1v) is 10.5. The van der Waals surface area contributed by atoms with Crippen molar-refractivity contribution in [3.8, 4) is 0 Å². The molecule has 28 heavy (non-hydrogen) atoms. The molecule has 4 rings (SSSR count). The molecule has 0 saturated carbocycles. The smallest absolute Gasteiger partial charge is 0.319 e. The molecule has 1 unspecified atom stereocenters. The van der Waals surface area contributed by atoms with E-state index >= 15 is 0 Å². The Hall–Kier alpha value is -2.69. The molecule has 2 aromatic carbocycles. The maximum absolute atomic E-state index is 12.3. The molecule has 0 radical (unpaired) electrons. The van der Waals surface area contributed by atoms with Gasteiger partial charge in [0, 0.05) is 49.3 Å². The van der Waals surface area contributed by atoms with E-state index in [0.717, 1.165) is 31.6 Å². The second-order valence-electron chi connectivity index (χ2n) is 7.81. The van der Waals surface area contributed by atoms with Gasteiger partial charge in [-0.05, 0) is 68.5 Å². The summed E-state index contributed by atoms with van der Waals surface area (Å²) in [6.07, 6.45) is 6.06. The van der Waals surface area contributed by atoms with Crippen molar-refractivity contribution in [2.45, 2.75) is 38.1 Å². The lowest BCUT2D eigenvalue weighted by atomic mass is 10.0. The number of hydrogen-bond acceptors (Lipinski definition) is 3. The quantitative estimate of drug-likeness (QED) is 0.825. The number of carbonyl (C=O) groups is 1. The average molecular weight is 379 g/mol. The van der Waals surface area contributed by atoms with E-state index in [2.05, 4.69) is 44.7 Å². The Labute approximate surface area is 167 Å². The van der Waals surface area contributed by atoms with Gasteiger partial charge in [-0.25, -0.2) is 4.79 Å². The fraction of sp³-hybridized carbons (Fsp3) is 0.435. The van der Waals surface area contributed by atoms with Crippen LogP contribution in [-0.2, 0) is 0 Å². The van der Waals surface area contributed by atoms with Crippen LogP contribution in [0.4, 0.5) is 21.9 Å². The van der Waals surface area contributed by atoms with Crippen LogP contribution in [0.2, 0.25) is 0 Å².